The van der Waals surface area contributed by atoms with Crippen LogP contribution in [0.5, 0.6) is 0 Å². The Kier molecular flexibility index (Phi) is 7.51. The molecule has 1 spiro atoms. The number of likely N-dealkylation sites (tertiary alicyclic amines) is 1. The third kappa shape index (κ3) is 4.76. The van der Waals surface area contributed by atoms with Crippen molar-refractivity contribution in [3.05, 3.63) is 12.7 Å². The summed E-state index contributed by atoms with van der Waals surface area (Å²) >= 11 is 0. The van der Waals surface area contributed by atoms with Gasteiger partial charge in [-0.3, -0.25) is 14.4 Å². The Morgan fingerprint density at radius 1 is 1.29 bits per heavy atom. The maximum atomic E-state index is 14.5. The number of nitrogens with zero attached hydrogens (tertiary/aromatic N) is 2. The number of carboxylic acids is 1. The standard InChI is InChI=1S/C27H44N2O6/c1-9-12-28(26(7,8)15-25(4,5)6)23(32)21-27-11-10-18(35-27)19(24(33)34)20(27)22(31)29(21)17(14-30)13-16(2)3/h9,16-21,30H,1,10-15H2,2-8H3,(H,33,34)/t17-,18-,19+,20+,21-,27+/m1/s1. The first-order valence-electron chi connectivity index (χ1n) is 12.9. The minimum Gasteiger partial charge on any atom is -0.481 e. The van der Waals surface area contributed by atoms with E-state index in [-0.39, 0.29) is 29.8 Å². The van der Waals surface area contributed by atoms with E-state index in [1.165, 1.54) is 4.90 Å². The molecule has 8 heteroatoms. The molecule has 35 heavy (non-hydrogen) atoms. The lowest BCUT2D eigenvalue weighted by Crippen LogP contribution is -2.62. The van der Waals surface area contributed by atoms with E-state index in [2.05, 4.69) is 27.4 Å². The average molecular weight is 493 g/mol. The van der Waals surface area contributed by atoms with Gasteiger partial charge in [-0.1, -0.05) is 40.7 Å². The van der Waals surface area contributed by atoms with Crippen molar-refractivity contribution in [1.82, 2.24) is 9.80 Å². The Labute approximate surface area is 209 Å². The topological polar surface area (TPSA) is 107 Å². The van der Waals surface area contributed by atoms with Crippen molar-refractivity contribution in [2.24, 2.45) is 23.2 Å². The number of hydrogen-bond donors (Lipinski definition) is 2. The molecule has 2 bridgehead atoms. The van der Waals surface area contributed by atoms with Gasteiger partial charge in [-0.05, 0) is 50.9 Å². The molecule has 0 aromatic carbocycles. The summed E-state index contributed by atoms with van der Waals surface area (Å²) in [5.41, 5.74) is -1.80. The smallest absolute Gasteiger partial charge is 0.310 e. The van der Waals surface area contributed by atoms with E-state index < -0.39 is 47.1 Å². The molecule has 3 aliphatic heterocycles. The third-order valence-corrected chi connectivity index (χ3v) is 7.88. The largest absolute Gasteiger partial charge is 0.481 e. The summed E-state index contributed by atoms with van der Waals surface area (Å²) in [4.78, 5) is 43.9. The lowest BCUT2D eigenvalue weighted by Gasteiger charge is -2.46. The monoisotopic (exact) mass is 492 g/mol. The highest BCUT2D eigenvalue weighted by molar-refractivity contribution is 5.98. The van der Waals surface area contributed by atoms with E-state index in [4.69, 9.17) is 4.74 Å². The molecule has 3 saturated heterocycles. The number of ether oxygens (including phenoxy) is 1. The average Bonchev–Trinajstić information content (AvgIpc) is 3.35. The number of amides is 2. The molecule has 3 fully saturated rings. The van der Waals surface area contributed by atoms with Gasteiger partial charge in [0.25, 0.3) is 0 Å². The molecule has 0 saturated carbocycles. The van der Waals surface area contributed by atoms with E-state index >= 15 is 0 Å². The highest BCUT2D eigenvalue weighted by atomic mass is 16.5. The first-order valence-corrected chi connectivity index (χ1v) is 12.9. The number of aliphatic carboxylic acids is 1. The number of carbonyl (C=O) groups excluding carboxylic acids is 2. The van der Waals surface area contributed by atoms with Crippen molar-refractivity contribution in [1.29, 1.82) is 0 Å². The van der Waals surface area contributed by atoms with Gasteiger partial charge >= 0.3 is 5.97 Å². The van der Waals surface area contributed by atoms with Gasteiger partial charge in [0, 0.05) is 12.1 Å². The molecular weight excluding hydrogens is 448 g/mol. The molecule has 0 unspecified atom stereocenters. The van der Waals surface area contributed by atoms with Crippen LogP contribution in [0.25, 0.3) is 0 Å². The summed E-state index contributed by atoms with van der Waals surface area (Å²) in [6.45, 7) is 18.2. The van der Waals surface area contributed by atoms with E-state index in [0.29, 0.717) is 32.2 Å². The highest BCUT2D eigenvalue weighted by Crippen LogP contribution is 2.59. The van der Waals surface area contributed by atoms with E-state index in [0.717, 1.165) is 0 Å². The number of aliphatic hydroxyl groups is 1. The Bertz CT molecular complexity index is 862. The van der Waals surface area contributed by atoms with E-state index in [1.807, 2.05) is 27.7 Å². The van der Waals surface area contributed by atoms with Crippen LogP contribution in [0.3, 0.4) is 0 Å². The van der Waals surface area contributed by atoms with Gasteiger partial charge in [0.15, 0.2) is 0 Å². The van der Waals surface area contributed by atoms with Gasteiger partial charge < -0.3 is 24.7 Å². The predicted octanol–water partition coefficient (Wildman–Crippen LogP) is 3.08. The normalized spacial score (nSPS) is 31.1. The molecular formula is C27H44N2O6. The fraction of sp³-hybridized carbons (Fsp3) is 0.815. The third-order valence-electron chi connectivity index (χ3n) is 7.88. The van der Waals surface area contributed by atoms with Crippen molar-refractivity contribution in [2.45, 2.75) is 103 Å². The second kappa shape index (κ2) is 9.51. The van der Waals surface area contributed by atoms with Crippen molar-refractivity contribution in [3.63, 3.8) is 0 Å². The summed E-state index contributed by atoms with van der Waals surface area (Å²) in [7, 11) is 0. The first-order chi connectivity index (χ1) is 16.1. The summed E-state index contributed by atoms with van der Waals surface area (Å²) in [6.07, 6.45) is 3.28. The highest BCUT2D eigenvalue weighted by Gasteiger charge is 2.75. The van der Waals surface area contributed by atoms with Crippen LogP contribution in [-0.2, 0) is 19.1 Å². The molecule has 6 atom stereocenters. The molecule has 0 radical (unpaired) electrons. The molecule has 3 heterocycles. The molecule has 0 aromatic heterocycles. The summed E-state index contributed by atoms with van der Waals surface area (Å²) < 4.78 is 6.34. The molecule has 3 rings (SSSR count). The number of carbonyl (C=O) groups is 3. The number of hydrogen-bond acceptors (Lipinski definition) is 5. The second-order valence-electron chi connectivity index (χ2n) is 12.9. The Morgan fingerprint density at radius 2 is 1.91 bits per heavy atom. The first kappa shape index (κ1) is 27.7. The summed E-state index contributed by atoms with van der Waals surface area (Å²) in [5.74, 6) is -3.45. The van der Waals surface area contributed by atoms with Crippen LogP contribution in [-0.4, -0.2) is 80.3 Å². The van der Waals surface area contributed by atoms with Crippen LogP contribution in [0.15, 0.2) is 12.7 Å². The lowest BCUT2D eigenvalue weighted by molar-refractivity contribution is -0.156. The maximum Gasteiger partial charge on any atom is 0.310 e. The number of aliphatic hydroxyl groups excluding tert-OH is 1. The van der Waals surface area contributed by atoms with Crippen LogP contribution < -0.4 is 0 Å². The number of rotatable bonds is 10. The van der Waals surface area contributed by atoms with E-state index in [9.17, 15) is 24.6 Å². The van der Waals surface area contributed by atoms with Gasteiger partial charge in [-0.2, -0.15) is 0 Å². The quantitative estimate of drug-likeness (QED) is 0.454. The zero-order valence-electron chi connectivity index (χ0n) is 22.4. The summed E-state index contributed by atoms with van der Waals surface area (Å²) in [6, 6.07) is -1.57. The zero-order valence-corrected chi connectivity index (χ0v) is 22.4. The van der Waals surface area contributed by atoms with Gasteiger partial charge in [-0.15, -0.1) is 6.58 Å². The molecule has 2 amide bonds. The molecule has 198 valence electrons. The molecule has 3 aliphatic rings. The van der Waals surface area contributed by atoms with E-state index in [1.54, 1.807) is 11.0 Å². The molecule has 0 aromatic rings. The van der Waals surface area contributed by atoms with Gasteiger partial charge in [-0.25, -0.2) is 0 Å². The maximum absolute atomic E-state index is 14.5. The van der Waals surface area contributed by atoms with Crippen molar-refractivity contribution >= 4 is 17.8 Å². The zero-order chi connectivity index (χ0) is 26.5. The van der Waals surface area contributed by atoms with Crippen LogP contribution in [0, 0.1) is 23.2 Å². The predicted molar refractivity (Wildman–Crippen MR) is 132 cm³/mol. The fourth-order valence-corrected chi connectivity index (χ4v) is 7.17. The summed E-state index contributed by atoms with van der Waals surface area (Å²) in [5, 5.41) is 20.3. The minimum atomic E-state index is -1.19. The van der Waals surface area contributed by atoms with Crippen molar-refractivity contribution in [2.75, 3.05) is 13.2 Å². The fourth-order valence-electron chi connectivity index (χ4n) is 7.17. The van der Waals surface area contributed by atoms with Crippen molar-refractivity contribution in [3.8, 4) is 0 Å². The SMILES string of the molecule is C=CCN(C(=O)[C@H]1N([C@@H](CO)CC(C)C)C(=O)[C@@H]2[C@@H](C(=O)O)[C@H]3CC[C@]21O3)C(C)(C)CC(C)(C)C. The number of fused-ring (bicyclic) bond motifs is 1. The van der Waals surface area contributed by atoms with Gasteiger partial charge in [0.2, 0.25) is 11.8 Å². The van der Waals surface area contributed by atoms with Crippen LogP contribution in [0.2, 0.25) is 0 Å². The minimum absolute atomic E-state index is 0.0583. The van der Waals surface area contributed by atoms with Gasteiger partial charge in [0.1, 0.15) is 11.6 Å². The Morgan fingerprint density at radius 3 is 2.40 bits per heavy atom. The molecule has 0 aliphatic carbocycles. The number of carboxylic acid groups (broad SMARTS) is 1. The lowest BCUT2D eigenvalue weighted by atomic mass is 9.70. The Balaban J connectivity index is 2.13. The van der Waals surface area contributed by atoms with Crippen LogP contribution in [0.1, 0.15) is 74.1 Å². The molecule has 8 nitrogen and oxygen atoms in total. The van der Waals surface area contributed by atoms with Crippen LogP contribution in [0.4, 0.5) is 0 Å². The van der Waals surface area contributed by atoms with Crippen LogP contribution >= 0.6 is 0 Å². The van der Waals surface area contributed by atoms with Crippen molar-refractivity contribution < 1.29 is 29.3 Å². The molecule has 2 N–H and O–H groups in total. The second-order valence-corrected chi connectivity index (χ2v) is 12.9. The van der Waals surface area contributed by atoms with Gasteiger partial charge in [0.05, 0.1) is 30.6 Å². The Hall–Kier alpha value is -1.93.